The number of anilines is 1. The molecular formula is C23H17NO6S. The maximum absolute atomic E-state index is 13.0. The van der Waals surface area contributed by atoms with Gasteiger partial charge in [0.1, 0.15) is 5.76 Å². The van der Waals surface area contributed by atoms with E-state index >= 15 is 0 Å². The van der Waals surface area contributed by atoms with E-state index in [4.69, 9.17) is 0 Å². The van der Waals surface area contributed by atoms with Crippen LogP contribution < -0.4 is 4.90 Å². The maximum atomic E-state index is 13.0. The van der Waals surface area contributed by atoms with Gasteiger partial charge in [0.2, 0.25) is 0 Å². The summed E-state index contributed by atoms with van der Waals surface area (Å²) in [7, 11) is -4.41. The topological polar surface area (TPSA) is 112 Å². The third-order valence-corrected chi connectivity index (χ3v) is 5.89. The van der Waals surface area contributed by atoms with Gasteiger partial charge in [0, 0.05) is 11.3 Å². The Morgan fingerprint density at radius 2 is 1.35 bits per heavy atom. The lowest BCUT2D eigenvalue weighted by atomic mass is 9.95. The molecule has 2 N–H and O–H groups in total. The first-order valence-electron chi connectivity index (χ1n) is 9.28. The molecule has 31 heavy (non-hydrogen) atoms. The molecule has 1 aliphatic heterocycles. The van der Waals surface area contributed by atoms with Gasteiger partial charge in [0.15, 0.2) is 0 Å². The second-order valence-corrected chi connectivity index (χ2v) is 8.34. The van der Waals surface area contributed by atoms with E-state index in [9.17, 15) is 27.7 Å². The van der Waals surface area contributed by atoms with Gasteiger partial charge in [-0.3, -0.25) is 19.0 Å². The summed E-state index contributed by atoms with van der Waals surface area (Å²) in [6, 6.07) is 21.2. The summed E-state index contributed by atoms with van der Waals surface area (Å²) in [4.78, 5) is 26.8. The van der Waals surface area contributed by atoms with Crippen molar-refractivity contribution in [3.63, 3.8) is 0 Å². The fourth-order valence-electron chi connectivity index (χ4n) is 3.58. The zero-order valence-electron chi connectivity index (χ0n) is 16.0. The lowest BCUT2D eigenvalue weighted by molar-refractivity contribution is -0.132. The van der Waals surface area contributed by atoms with E-state index in [0.29, 0.717) is 11.1 Å². The molecule has 1 saturated heterocycles. The second-order valence-electron chi connectivity index (χ2n) is 6.91. The molecular weight excluding hydrogens is 418 g/mol. The highest BCUT2D eigenvalue weighted by Gasteiger charge is 2.46. The van der Waals surface area contributed by atoms with Crippen molar-refractivity contribution in [2.45, 2.75) is 10.9 Å². The highest BCUT2D eigenvalue weighted by Crippen LogP contribution is 2.42. The van der Waals surface area contributed by atoms with Crippen LogP contribution in [0.5, 0.6) is 0 Å². The van der Waals surface area contributed by atoms with Crippen molar-refractivity contribution >= 4 is 33.3 Å². The Balaban J connectivity index is 1.91. The standard InChI is InChI=1S/C23H17NO6S/c25-21(16-9-5-2-6-10-16)19-20(15-7-3-1-4-8-15)24(23(27)22(19)26)17-11-13-18(14-12-17)31(28,29)30/h1-14,20,25H,(H,28,29,30)/b21-19+. The van der Waals surface area contributed by atoms with Crippen molar-refractivity contribution in [3.05, 3.63) is 102 Å². The Hall–Kier alpha value is -3.75. The van der Waals surface area contributed by atoms with Crippen molar-refractivity contribution in [1.29, 1.82) is 0 Å². The molecule has 1 aliphatic rings. The molecule has 0 bridgehead atoms. The summed E-state index contributed by atoms with van der Waals surface area (Å²) in [5, 5.41) is 10.9. The summed E-state index contributed by atoms with van der Waals surface area (Å²) < 4.78 is 31.9. The molecule has 7 nitrogen and oxygen atoms in total. The van der Waals surface area contributed by atoms with E-state index in [2.05, 4.69) is 0 Å². The molecule has 1 fully saturated rings. The van der Waals surface area contributed by atoms with E-state index in [-0.39, 0.29) is 21.9 Å². The fraction of sp³-hybridized carbons (Fsp3) is 0.0435. The van der Waals surface area contributed by atoms with Crippen molar-refractivity contribution in [3.8, 4) is 0 Å². The molecule has 0 aromatic heterocycles. The largest absolute Gasteiger partial charge is 0.507 e. The zero-order valence-corrected chi connectivity index (χ0v) is 16.9. The first-order valence-corrected chi connectivity index (χ1v) is 10.7. The normalized spacial score (nSPS) is 18.4. The van der Waals surface area contributed by atoms with Crippen LogP contribution in [0.2, 0.25) is 0 Å². The molecule has 3 aromatic rings. The lowest BCUT2D eigenvalue weighted by Crippen LogP contribution is -2.29. The maximum Gasteiger partial charge on any atom is 0.300 e. The van der Waals surface area contributed by atoms with Crippen LogP contribution in [0.1, 0.15) is 17.2 Å². The van der Waals surface area contributed by atoms with Gasteiger partial charge in [-0.05, 0) is 29.8 Å². The molecule has 0 saturated carbocycles. The number of aliphatic hydroxyl groups is 1. The Morgan fingerprint density at radius 1 is 0.806 bits per heavy atom. The summed E-state index contributed by atoms with van der Waals surface area (Å²) >= 11 is 0. The average Bonchev–Trinajstić information content (AvgIpc) is 3.04. The first-order chi connectivity index (χ1) is 14.8. The number of aliphatic hydroxyl groups excluding tert-OH is 1. The van der Waals surface area contributed by atoms with Gasteiger partial charge in [0.05, 0.1) is 16.5 Å². The molecule has 3 aromatic carbocycles. The SMILES string of the molecule is O=C1C(=O)N(c2ccc(S(=O)(=O)O)cc2)C(c2ccccc2)/C1=C(\O)c1ccccc1. The average molecular weight is 435 g/mol. The third-order valence-electron chi connectivity index (χ3n) is 5.02. The van der Waals surface area contributed by atoms with Crippen LogP contribution in [0, 0.1) is 0 Å². The van der Waals surface area contributed by atoms with E-state index in [1.165, 1.54) is 17.0 Å². The summed E-state index contributed by atoms with van der Waals surface area (Å²) in [5.41, 5.74) is 1.16. The summed E-state index contributed by atoms with van der Waals surface area (Å²) in [6.45, 7) is 0. The number of amides is 1. The van der Waals surface area contributed by atoms with Gasteiger partial charge in [-0.15, -0.1) is 0 Å². The second kappa shape index (κ2) is 7.82. The minimum absolute atomic E-state index is 0.0683. The molecule has 8 heteroatoms. The molecule has 1 unspecified atom stereocenters. The van der Waals surface area contributed by atoms with E-state index in [1.54, 1.807) is 60.7 Å². The van der Waals surface area contributed by atoms with Gasteiger partial charge in [0.25, 0.3) is 21.8 Å². The minimum atomic E-state index is -4.41. The number of carbonyl (C=O) groups excluding carboxylic acids is 2. The Labute approximate surface area is 178 Å². The van der Waals surface area contributed by atoms with Crippen LogP contribution in [0.25, 0.3) is 5.76 Å². The number of Topliss-reactive ketones (excluding diaryl/α,β-unsaturated/α-hetero) is 1. The molecule has 156 valence electrons. The monoisotopic (exact) mass is 435 g/mol. The van der Waals surface area contributed by atoms with Gasteiger partial charge < -0.3 is 5.11 Å². The van der Waals surface area contributed by atoms with Crippen LogP contribution in [0.3, 0.4) is 0 Å². The van der Waals surface area contributed by atoms with Gasteiger partial charge >= 0.3 is 0 Å². The molecule has 4 rings (SSSR count). The predicted octanol–water partition coefficient (Wildman–Crippen LogP) is 3.56. The third kappa shape index (κ3) is 3.74. The predicted molar refractivity (Wildman–Crippen MR) is 114 cm³/mol. The van der Waals surface area contributed by atoms with Gasteiger partial charge in [-0.25, -0.2) is 0 Å². The van der Waals surface area contributed by atoms with Crippen molar-refractivity contribution < 1.29 is 27.7 Å². The number of carbonyl (C=O) groups is 2. The quantitative estimate of drug-likeness (QED) is 0.281. The van der Waals surface area contributed by atoms with Crippen LogP contribution in [-0.2, 0) is 19.7 Å². The van der Waals surface area contributed by atoms with Gasteiger partial charge in [-0.2, -0.15) is 8.42 Å². The zero-order chi connectivity index (χ0) is 22.2. The molecule has 1 atom stereocenters. The van der Waals surface area contributed by atoms with E-state index < -0.39 is 27.9 Å². The number of benzene rings is 3. The van der Waals surface area contributed by atoms with Crippen LogP contribution in [0.15, 0.2) is 95.4 Å². The Bertz CT molecular complexity index is 1280. The number of rotatable bonds is 4. The van der Waals surface area contributed by atoms with Crippen LogP contribution in [0.4, 0.5) is 5.69 Å². The fourth-order valence-corrected chi connectivity index (χ4v) is 4.06. The van der Waals surface area contributed by atoms with E-state index in [1.807, 2.05) is 0 Å². The number of ketones is 1. The smallest absolute Gasteiger partial charge is 0.300 e. The number of nitrogens with zero attached hydrogens (tertiary/aromatic N) is 1. The highest BCUT2D eigenvalue weighted by atomic mass is 32.2. The summed E-state index contributed by atoms with van der Waals surface area (Å²) in [5.74, 6) is -2.01. The molecule has 0 aliphatic carbocycles. The molecule has 0 radical (unpaired) electrons. The summed E-state index contributed by atoms with van der Waals surface area (Å²) in [6.07, 6.45) is 0. The minimum Gasteiger partial charge on any atom is -0.507 e. The van der Waals surface area contributed by atoms with Crippen molar-refractivity contribution in [1.82, 2.24) is 0 Å². The number of hydrogen-bond acceptors (Lipinski definition) is 5. The van der Waals surface area contributed by atoms with E-state index in [0.717, 1.165) is 12.1 Å². The molecule has 1 heterocycles. The van der Waals surface area contributed by atoms with Crippen molar-refractivity contribution in [2.24, 2.45) is 0 Å². The lowest BCUT2D eigenvalue weighted by Gasteiger charge is -2.25. The highest BCUT2D eigenvalue weighted by molar-refractivity contribution is 7.85. The van der Waals surface area contributed by atoms with Crippen LogP contribution >= 0.6 is 0 Å². The Kier molecular flexibility index (Phi) is 5.18. The number of hydrogen-bond donors (Lipinski definition) is 2. The molecule has 1 amide bonds. The Morgan fingerprint density at radius 3 is 1.90 bits per heavy atom. The first kappa shape index (κ1) is 20.5. The molecule has 0 spiro atoms. The van der Waals surface area contributed by atoms with Gasteiger partial charge in [-0.1, -0.05) is 60.7 Å². The van der Waals surface area contributed by atoms with Crippen LogP contribution in [-0.4, -0.2) is 29.8 Å². The van der Waals surface area contributed by atoms with Crippen molar-refractivity contribution in [2.75, 3.05) is 4.90 Å².